The summed E-state index contributed by atoms with van der Waals surface area (Å²) in [5.41, 5.74) is 2.83. The number of H-pyrrole nitrogens is 1. The summed E-state index contributed by atoms with van der Waals surface area (Å²) in [5.74, 6) is 1.74. The number of ether oxygens (including phenoxy) is 2. The summed E-state index contributed by atoms with van der Waals surface area (Å²) in [4.78, 5) is 7.31. The molecule has 152 valence electrons. The van der Waals surface area contributed by atoms with Gasteiger partial charge in [0.05, 0.1) is 31.5 Å². The van der Waals surface area contributed by atoms with Crippen molar-refractivity contribution in [3.05, 3.63) is 53.8 Å². The highest BCUT2D eigenvalue weighted by molar-refractivity contribution is 5.91. The zero-order valence-electron chi connectivity index (χ0n) is 16.8. The maximum Gasteiger partial charge on any atom is 0.154 e. The minimum atomic E-state index is 0.0652. The Labute approximate surface area is 169 Å². The maximum absolute atomic E-state index is 8.89. The van der Waals surface area contributed by atoms with Gasteiger partial charge in [0.25, 0.3) is 0 Å². The molecule has 2 heterocycles. The first-order valence-electron chi connectivity index (χ1n) is 10.0. The zero-order chi connectivity index (χ0) is 20.4. The van der Waals surface area contributed by atoms with Gasteiger partial charge in [0.15, 0.2) is 5.65 Å². The molecular weight excluding hydrogens is 366 g/mol. The lowest BCUT2D eigenvalue weighted by Crippen LogP contribution is -2.33. The van der Waals surface area contributed by atoms with Gasteiger partial charge in [-0.2, -0.15) is 0 Å². The molecule has 4 rings (SSSR count). The van der Waals surface area contributed by atoms with Gasteiger partial charge < -0.3 is 14.5 Å². The minimum Gasteiger partial charge on any atom is -0.497 e. The van der Waals surface area contributed by atoms with Gasteiger partial charge in [-0.05, 0) is 42.5 Å². The van der Waals surface area contributed by atoms with Crippen molar-refractivity contribution in [2.75, 3.05) is 7.11 Å². The second kappa shape index (κ2) is 8.21. The van der Waals surface area contributed by atoms with Gasteiger partial charge in [-0.1, -0.05) is 25.5 Å². The van der Waals surface area contributed by atoms with Gasteiger partial charge in [-0.15, -0.1) is 0 Å². The van der Waals surface area contributed by atoms with Crippen LogP contribution in [0.1, 0.15) is 31.7 Å². The molecule has 2 aromatic heterocycles. The number of hydrogen-bond donors (Lipinski definition) is 3. The molecule has 0 radical (unpaired) electrons. The Morgan fingerprint density at radius 2 is 2.03 bits per heavy atom. The molecule has 1 saturated carbocycles. The highest BCUT2D eigenvalue weighted by atomic mass is 16.5. The lowest BCUT2D eigenvalue weighted by molar-refractivity contribution is 0.0421. The van der Waals surface area contributed by atoms with Gasteiger partial charge in [0, 0.05) is 12.1 Å². The molecule has 0 unspecified atom stereocenters. The monoisotopic (exact) mass is 393 g/mol. The van der Waals surface area contributed by atoms with Crippen LogP contribution < -0.4 is 10.2 Å². The fraction of sp³-hybridized carbons (Fsp3) is 0.409. The van der Waals surface area contributed by atoms with Crippen molar-refractivity contribution in [2.45, 2.75) is 38.9 Å². The Morgan fingerprint density at radius 3 is 2.76 bits per heavy atom. The third kappa shape index (κ3) is 3.82. The average molecular weight is 393 g/mol. The number of hydrogen-bond acceptors (Lipinski definition) is 5. The van der Waals surface area contributed by atoms with Crippen molar-refractivity contribution in [3.63, 3.8) is 0 Å². The number of aromatic amines is 1. The average Bonchev–Trinajstić information content (AvgIpc) is 3.38. The lowest BCUT2D eigenvalue weighted by Gasteiger charge is -2.21. The summed E-state index contributed by atoms with van der Waals surface area (Å²) in [6.07, 6.45) is 6.15. The molecule has 0 amide bonds. The second-order valence-electron chi connectivity index (χ2n) is 7.60. The molecule has 7 nitrogen and oxygen atoms in total. The predicted molar refractivity (Wildman–Crippen MR) is 111 cm³/mol. The quantitative estimate of drug-likeness (QED) is 0.440. The van der Waals surface area contributed by atoms with Gasteiger partial charge in [0.1, 0.15) is 17.1 Å². The molecular formula is C22H27N5O2. The first-order chi connectivity index (χ1) is 14.1. The summed E-state index contributed by atoms with van der Waals surface area (Å²) in [7, 11) is 1.66. The van der Waals surface area contributed by atoms with E-state index in [1.807, 2.05) is 30.3 Å². The van der Waals surface area contributed by atoms with E-state index < -0.39 is 0 Å². The Kier molecular flexibility index (Phi) is 5.49. The number of aromatic nitrogens is 3. The number of fused-ring (bicyclic) bond motifs is 1. The van der Waals surface area contributed by atoms with E-state index in [9.17, 15) is 0 Å². The summed E-state index contributed by atoms with van der Waals surface area (Å²) in [6.45, 7) is 2.72. The lowest BCUT2D eigenvalue weighted by atomic mass is 9.92. The molecule has 0 aliphatic heterocycles. The zero-order valence-corrected chi connectivity index (χ0v) is 16.8. The molecule has 0 spiro atoms. The van der Waals surface area contributed by atoms with Crippen molar-refractivity contribution in [2.24, 2.45) is 11.8 Å². The molecule has 3 atom stereocenters. The van der Waals surface area contributed by atoms with Crippen LogP contribution >= 0.6 is 0 Å². The third-order valence-electron chi connectivity index (χ3n) is 5.91. The van der Waals surface area contributed by atoms with Crippen molar-refractivity contribution in [1.82, 2.24) is 14.5 Å². The summed E-state index contributed by atoms with van der Waals surface area (Å²) in [5, 5.41) is 17.2. The van der Waals surface area contributed by atoms with Gasteiger partial charge in [-0.3, -0.25) is 15.4 Å². The maximum atomic E-state index is 8.89. The smallest absolute Gasteiger partial charge is 0.154 e. The van der Waals surface area contributed by atoms with Crippen molar-refractivity contribution < 1.29 is 9.47 Å². The Balaban J connectivity index is 1.49. The Hall–Kier alpha value is -2.93. The summed E-state index contributed by atoms with van der Waals surface area (Å²) < 4.78 is 13.1. The van der Waals surface area contributed by atoms with E-state index in [4.69, 9.17) is 20.3 Å². The number of benzene rings is 1. The number of nitrogens with one attached hydrogen (secondary N) is 3. The number of nitrogens with zero attached hydrogens (tertiary/aromatic N) is 2. The van der Waals surface area contributed by atoms with E-state index in [1.54, 1.807) is 17.9 Å². The molecule has 1 aliphatic rings. The van der Waals surface area contributed by atoms with Crippen LogP contribution in [0.3, 0.4) is 0 Å². The predicted octanol–water partition coefficient (Wildman–Crippen LogP) is 3.70. The standard InChI is InChI=1S/C22H27N5O2/c1-3-15-10-17(29-13-14-4-6-16(28-2)7-5-14)11-18(15)21(24)27-19-8-9-25-22(19)26-12-20(27)23/h4-9,12,15,17-18,23-25H,3,10-11,13H2,1-2H3/t15-,17+,18+/m1/s1. The van der Waals surface area contributed by atoms with Crippen LogP contribution in [-0.4, -0.2) is 33.6 Å². The van der Waals surface area contributed by atoms with E-state index in [-0.39, 0.29) is 17.5 Å². The van der Waals surface area contributed by atoms with E-state index in [1.165, 1.54) is 6.20 Å². The Bertz CT molecular complexity index is 1050. The van der Waals surface area contributed by atoms with Crippen LogP contribution in [-0.2, 0) is 11.3 Å². The van der Waals surface area contributed by atoms with Crippen molar-refractivity contribution >= 4 is 17.0 Å². The molecule has 1 fully saturated rings. The minimum absolute atomic E-state index is 0.0652. The largest absolute Gasteiger partial charge is 0.497 e. The van der Waals surface area contributed by atoms with Crippen LogP contribution in [0.15, 0.2) is 42.7 Å². The Morgan fingerprint density at radius 1 is 1.24 bits per heavy atom. The van der Waals surface area contributed by atoms with Gasteiger partial charge >= 0.3 is 0 Å². The second-order valence-corrected chi connectivity index (χ2v) is 7.60. The van der Waals surface area contributed by atoms with E-state index in [0.717, 1.165) is 36.1 Å². The molecule has 0 saturated heterocycles. The van der Waals surface area contributed by atoms with Crippen LogP contribution in [0, 0.1) is 22.7 Å². The SMILES string of the molecule is CC[C@@H]1C[C@H](OCc2ccc(OC)cc2)C[C@@H]1C(=N)n1c(=N)cnc2[nH]ccc21. The van der Waals surface area contributed by atoms with E-state index >= 15 is 0 Å². The molecule has 3 N–H and O–H groups in total. The van der Waals surface area contributed by atoms with Crippen LogP contribution in [0.25, 0.3) is 11.2 Å². The van der Waals surface area contributed by atoms with Crippen LogP contribution in [0.5, 0.6) is 5.75 Å². The first kappa shape index (κ1) is 19.4. The fourth-order valence-corrected chi connectivity index (χ4v) is 4.31. The highest BCUT2D eigenvalue weighted by Gasteiger charge is 2.37. The fourth-order valence-electron chi connectivity index (χ4n) is 4.31. The number of methoxy groups -OCH3 is 1. The number of rotatable bonds is 6. The molecule has 0 bridgehead atoms. The van der Waals surface area contributed by atoms with Crippen molar-refractivity contribution in [3.8, 4) is 5.75 Å². The molecule has 29 heavy (non-hydrogen) atoms. The van der Waals surface area contributed by atoms with Crippen LogP contribution in [0.2, 0.25) is 0 Å². The summed E-state index contributed by atoms with van der Waals surface area (Å²) in [6, 6.07) is 9.80. The highest BCUT2D eigenvalue weighted by Crippen LogP contribution is 2.37. The first-order valence-corrected chi connectivity index (χ1v) is 10.0. The van der Waals surface area contributed by atoms with Gasteiger partial charge in [-0.25, -0.2) is 4.98 Å². The molecule has 1 aliphatic carbocycles. The normalized spacial score (nSPS) is 21.5. The van der Waals surface area contributed by atoms with Gasteiger partial charge in [0.2, 0.25) is 0 Å². The van der Waals surface area contributed by atoms with E-state index in [2.05, 4.69) is 16.9 Å². The third-order valence-corrected chi connectivity index (χ3v) is 5.91. The molecule has 7 heteroatoms. The molecule has 3 aromatic rings. The van der Waals surface area contributed by atoms with Crippen molar-refractivity contribution in [1.29, 1.82) is 10.8 Å². The molecule has 1 aromatic carbocycles. The topological polar surface area (TPSA) is 99.8 Å². The van der Waals surface area contributed by atoms with Crippen LogP contribution in [0.4, 0.5) is 0 Å². The summed E-state index contributed by atoms with van der Waals surface area (Å²) >= 11 is 0. The van der Waals surface area contributed by atoms with E-state index in [0.29, 0.717) is 24.0 Å².